The summed E-state index contributed by atoms with van der Waals surface area (Å²) in [5.41, 5.74) is -0.576. The Morgan fingerprint density at radius 1 is 0.970 bits per heavy atom. The smallest absolute Gasteiger partial charge is 0.302 e. The second-order valence-electron chi connectivity index (χ2n) is 10.3. The topological polar surface area (TPSA) is 61.8 Å². The molecule has 0 saturated carbocycles. The van der Waals surface area contributed by atoms with E-state index in [4.69, 9.17) is 14.2 Å². The molecular weight excluding hydrogens is 416 g/mol. The van der Waals surface area contributed by atoms with Crippen molar-refractivity contribution >= 4 is 11.8 Å². The third kappa shape index (κ3) is 8.36. The van der Waals surface area contributed by atoms with Crippen molar-refractivity contribution in [1.82, 2.24) is 0 Å². The molecule has 2 heterocycles. The summed E-state index contributed by atoms with van der Waals surface area (Å²) in [5.74, 6) is -1.00. The summed E-state index contributed by atoms with van der Waals surface area (Å²) in [6, 6.07) is 0. The van der Waals surface area contributed by atoms with Gasteiger partial charge in [-0.05, 0) is 37.1 Å². The first-order valence-corrected chi connectivity index (χ1v) is 13.4. The Morgan fingerprint density at radius 3 is 2.18 bits per heavy atom. The minimum Gasteiger partial charge on any atom is -0.462 e. The van der Waals surface area contributed by atoms with Crippen molar-refractivity contribution in [2.45, 2.75) is 140 Å². The van der Waals surface area contributed by atoms with Crippen LogP contribution in [-0.2, 0) is 23.8 Å². The summed E-state index contributed by atoms with van der Waals surface area (Å²) in [7, 11) is 0. The van der Waals surface area contributed by atoms with Crippen molar-refractivity contribution in [3.63, 3.8) is 0 Å². The average Bonchev–Trinajstić information content (AvgIpc) is 3.10. The molecule has 1 aliphatic carbocycles. The molecule has 0 bridgehead atoms. The van der Waals surface area contributed by atoms with Gasteiger partial charge in [-0.3, -0.25) is 9.59 Å². The van der Waals surface area contributed by atoms with Gasteiger partial charge in [0.2, 0.25) is 0 Å². The van der Waals surface area contributed by atoms with Gasteiger partial charge in [-0.25, -0.2) is 0 Å². The molecule has 2 spiro atoms. The normalized spacial score (nSPS) is 28.1. The Kier molecular flexibility index (Phi) is 10.2. The van der Waals surface area contributed by atoms with E-state index in [-0.39, 0.29) is 24.0 Å². The van der Waals surface area contributed by atoms with Crippen LogP contribution in [-0.4, -0.2) is 35.3 Å². The second kappa shape index (κ2) is 12.9. The van der Waals surface area contributed by atoms with E-state index in [9.17, 15) is 9.59 Å². The predicted octanol–water partition coefficient (Wildman–Crippen LogP) is 6.74. The first kappa shape index (κ1) is 26.2. The molecule has 0 amide bonds. The van der Waals surface area contributed by atoms with Crippen LogP contribution >= 0.6 is 0 Å². The first-order chi connectivity index (χ1) is 15.9. The van der Waals surface area contributed by atoms with Gasteiger partial charge in [0.1, 0.15) is 11.7 Å². The number of unbranched alkanes of at least 4 members (excludes halogenated alkanes) is 10. The van der Waals surface area contributed by atoms with E-state index < -0.39 is 11.4 Å². The van der Waals surface area contributed by atoms with Gasteiger partial charge >= 0.3 is 5.97 Å². The number of ether oxygens (including phenoxy) is 3. The van der Waals surface area contributed by atoms with Crippen LogP contribution in [0.2, 0.25) is 0 Å². The van der Waals surface area contributed by atoms with Crippen LogP contribution < -0.4 is 0 Å². The number of carbonyl (C=O) groups is 2. The van der Waals surface area contributed by atoms with E-state index in [1.165, 1.54) is 71.1 Å². The number of carbonyl (C=O) groups excluding carboxylic acids is 2. The van der Waals surface area contributed by atoms with Gasteiger partial charge in [0.25, 0.3) is 0 Å². The van der Waals surface area contributed by atoms with E-state index in [1.807, 2.05) is 12.2 Å². The summed E-state index contributed by atoms with van der Waals surface area (Å²) in [4.78, 5) is 23.2. The van der Waals surface area contributed by atoms with Crippen LogP contribution in [0.25, 0.3) is 0 Å². The van der Waals surface area contributed by atoms with Gasteiger partial charge in [-0.15, -0.1) is 0 Å². The van der Waals surface area contributed by atoms with Crippen molar-refractivity contribution in [1.29, 1.82) is 0 Å². The van der Waals surface area contributed by atoms with Gasteiger partial charge < -0.3 is 14.2 Å². The van der Waals surface area contributed by atoms with Crippen molar-refractivity contribution in [3.05, 3.63) is 24.3 Å². The third-order valence-electron chi connectivity index (χ3n) is 7.24. The molecule has 5 heteroatoms. The van der Waals surface area contributed by atoms with Crippen molar-refractivity contribution in [3.8, 4) is 0 Å². The summed E-state index contributed by atoms with van der Waals surface area (Å²) in [6.07, 6.45) is 25.0. The predicted molar refractivity (Wildman–Crippen MR) is 130 cm³/mol. The van der Waals surface area contributed by atoms with E-state index in [0.29, 0.717) is 6.42 Å². The van der Waals surface area contributed by atoms with Crippen LogP contribution in [0.3, 0.4) is 0 Å². The summed E-state index contributed by atoms with van der Waals surface area (Å²) in [6.45, 7) is 3.73. The van der Waals surface area contributed by atoms with Crippen molar-refractivity contribution in [2.75, 3.05) is 0 Å². The van der Waals surface area contributed by atoms with Gasteiger partial charge in [-0.1, -0.05) is 77.6 Å². The number of allylic oxidation sites excluding steroid dienone is 2. The summed E-state index contributed by atoms with van der Waals surface area (Å²) >= 11 is 0. The van der Waals surface area contributed by atoms with Gasteiger partial charge in [-0.2, -0.15) is 0 Å². The Balaban J connectivity index is 1.41. The number of hydrogen-bond acceptors (Lipinski definition) is 5. The highest BCUT2D eigenvalue weighted by Crippen LogP contribution is 2.48. The fraction of sp³-hybridized carbons (Fsp3) is 0.786. The minimum absolute atomic E-state index is 0.0121. The lowest BCUT2D eigenvalue weighted by atomic mass is 9.91. The standard InChI is InChI=1S/C28H44O5/c1-3-4-5-6-7-8-9-10-11-12-13-14-25-21-26(31-23(2)29)22-28(32-25)20-19-27(33-28)17-15-24(30)16-18-27/h15-18,25-26H,3-14,19-22H2,1-2H3. The fourth-order valence-corrected chi connectivity index (χ4v) is 5.51. The molecule has 3 aliphatic rings. The Morgan fingerprint density at radius 2 is 1.58 bits per heavy atom. The molecule has 3 unspecified atom stereocenters. The molecule has 0 aromatic carbocycles. The SMILES string of the molecule is CCCCCCCCCCCCCC1CC(OC(C)=O)CC2(CCC3(C=CC(=O)C=C3)O2)O1. The molecule has 0 aromatic rings. The lowest BCUT2D eigenvalue weighted by molar-refractivity contribution is -0.293. The molecule has 2 aliphatic heterocycles. The van der Waals surface area contributed by atoms with E-state index >= 15 is 0 Å². The molecule has 0 radical (unpaired) electrons. The second-order valence-corrected chi connectivity index (χ2v) is 10.3. The number of esters is 1. The molecule has 0 N–H and O–H groups in total. The largest absolute Gasteiger partial charge is 0.462 e. The van der Waals surface area contributed by atoms with Gasteiger partial charge in [0, 0.05) is 26.2 Å². The molecule has 5 nitrogen and oxygen atoms in total. The Bertz CT molecular complexity index is 680. The molecule has 3 rings (SSSR count). The Labute approximate surface area is 200 Å². The highest BCUT2D eigenvalue weighted by Gasteiger charge is 2.53. The zero-order valence-electron chi connectivity index (χ0n) is 20.8. The number of hydrogen-bond donors (Lipinski definition) is 0. The quantitative estimate of drug-likeness (QED) is 0.225. The molecule has 33 heavy (non-hydrogen) atoms. The minimum atomic E-state index is -0.740. The molecule has 2 saturated heterocycles. The molecular formula is C28H44O5. The van der Waals surface area contributed by atoms with E-state index in [2.05, 4.69) is 6.92 Å². The summed E-state index contributed by atoms with van der Waals surface area (Å²) < 4.78 is 18.6. The number of rotatable bonds is 13. The van der Waals surface area contributed by atoms with Gasteiger partial charge in [0.05, 0.1) is 6.10 Å². The third-order valence-corrected chi connectivity index (χ3v) is 7.24. The van der Waals surface area contributed by atoms with Gasteiger partial charge in [0.15, 0.2) is 11.6 Å². The maximum Gasteiger partial charge on any atom is 0.302 e. The number of ketones is 1. The summed E-state index contributed by atoms with van der Waals surface area (Å²) in [5, 5.41) is 0. The molecule has 0 aromatic heterocycles. The van der Waals surface area contributed by atoms with Crippen LogP contribution in [0, 0.1) is 0 Å². The van der Waals surface area contributed by atoms with Crippen LogP contribution in [0.15, 0.2) is 24.3 Å². The van der Waals surface area contributed by atoms with Crippen LogP contribution in [0.5, 0.6) is 0 Å². The highest BCUT2D eigenvalue weighted by atomic mass is 16.7. The highest BCUT2D eigenvalue weighted by molar-refractivity contribution is 6.00. The zero-order valence-corrected chi connectivity index (χ0v) is 20.8. The maximum absolute atomic E-state index is 11.6. The molecule has 3 atom stereocenters. The average molecular weight is 461 g/mol. The monoisotopic (exact) mass is 460 g/mol. The van der Waals surface area contributed by atoms with E-state index in [1.54, 1.807) is 12.2 Å². The Hall–Kier alpha value is -1.46. The molecule has 2 fully saturated rings. The van der Waals surface area contributed by atoms with Crippen molar-refractivity contribution in [2.24, 2.45) is 0 Å². The lowest BCUT2D eigenvalue weighted by Crippen LogP contribution is -2.48. The molecule has 186 valence electrons. The lowest BCUT2D eigenvalue weighted by Gasteiger charge is -2.42. The van der Waals surface area contributed by atoms with Crippen LogP contribution in [0.1, 0.15) is 117 Å². The van der Waals surface area contributed by atoms with E-state index in [0.717, 1.165) is 32.1 Å². The van der Waals surface area contributed by atoms with Crippen molar-refractivity contribution < 1.29 is 23.8 Å². The first-order valence-electron chi connectivity index (χ1n) is 13.4. The maximum atomic E-state index is 11.6. The van der Waals surface area contributed by atoms with Crippen LogP contribution in [0.4, 0.5) is 0 Å². The fourth-order valence-electron chi connectivity index (χ4n) is 5.51. The zero-order chi connectivity index (χ0) is 23.6.